The van der Waals surface area contributed by atoms with E-state index in [0.29, 0.717) is 6.42 Å². The molecular weight excluding hydrogens is 347 g/mol. The first-order valence-corrected chi connectivity index (χ1v) is 8.76. The summed E-state index contributed by atoms with van der Waals surface area (Å²) in [6, 6.07) is 6.40. The Labute approximate surface area is 143 Å². The van der Waals surface area contributed by atoms with Crippen molar-refractivity contribution in [2.75, 3.05) is 12.4 Å². The summed E-state index contributed by atoms with van der Waals surface area (Å²) in [5, 5.41) is 4.88. The van der Waals surface area contributed by atoms with Gasteiger partial charge in [-0.3, -0.25) is 4.79 Å². The quantitative estimate of drug-likeness (QED) is 0.567. The van der Waals surface area contributed by atoms with Crippen molar-refractivity contribution in [1.29, 1.82) is 0 Å². The van der Waals surface area contributed by atoms with E-state index in [1.807, 2.05) is 6.92 Å². The first-order valence-electron chi connectivity index (χ1n) is 6.68. The molecule has 0 radical (unpaired) electrons. The lowest BCUT2D eigenvalue weighted by atomic mass is 10.1. The van der Waals surface area contributed by atoms with Crippen LogP contribution in [0.1, 0.15) is 31.2 Å². The number of unbranched alkanes of at least 4 members (excludes halogenated alkanes) is 2. The summed E-state index contributed by atoms with van der Waals surface area (Å²) in [4.78, 5) is 10.8. The number of Topliss-reactive ketones (excluding diaryl/α,β-unsaturated/α-hetero) is 1. The first kappa shape index (κ1) is 23.6. The van der Waals surface area contributed by atoms with Gasteiger partial charge in [-0.25, -0.2) is 13.6 Å². The van der Waals surface area contributed by atoms with Crippen LogP contribution in [0.4, 0.5) is 0 Å². The molecule has 0 atom stereocenters. The van der Waals surface area contributed by atoms with Crippen molar-refractivity contribution in [2.24, 2.45) is 10.9 Å². The molecule has 0 saturated carbocycles. The molecule has 128 valence electrons. The Morgan fingerprint density at radius 3 is 2.09 bits per heavy atom. The van der Waals surface area contributed by atoms with Crippen LogP contribution in [0.3, 0.4) is 0 Å². The molecule has 1 rings (SSSR count). The molecule has 0 unspecified atom stereocenters. The number of aryl methyl sites for hydroxylation is 1. The number of nitrogens with two attached hydrogens (primary N) is 2. The van der Waals surface area contributed by atoms with E-state index in [2.05, 4.69) is 0 Å². The van der Waals surface area contributed by atoms with Crippen molar-refractivity contribution >= 4 is 39.8 Å². The van der Waals surface area contributed by atoms with Gasteiger partial charge < -0.3 is 5.73 Å². The Morgan fingerprint density at radius 1 is 1.14 bits per heavy atom. The predicted octanol–water partition coefficient (Wildman–Crippen LogP) is 2.38. The van der Waals surface area contributed by atoms with Gasteiger partial charge in [0.05, 0.1) is 10.8 Å². The highest BCUT2D eigenvalue weighted by Crippen LogP contribution is 2.06. The van der Waals surface area contributed by atoms with Crippen LogP contribution in [-0.2, 0) is 14.8 Å². The monoisotopic (exact) mass is 370 g/mol. The molecule has 22 heavy (non-hydrogen) atoms. The molecule has 1 aromatic carbocycles. The average Bonchev–Trinajstić information content (AvgIpc) is 2.43. The van der Waals surface area contributed by atoms with Gasteiger partial charge in [0.2, 0.25) is 10.0 Å². The summed E-state index contributed by atoms with van der Waals surface area (Å²) in [6.07, 6.45) is 3.60. The number of ketones is 1. The van der Waals surface area contributed by atoms with Crippen LogP contribution in [0.15, 0.2) is 29.2 Å². The maximum Gasteiger partial charge on any atom is 0.238 e. The molecule has 0 aromatic heterocycles. The van der Waals surface area contributed by atoms with E-state index < -0.39 is 10.0 Å². The van der Waals surface area contributed by atoms with Crippen LogP contribution in [0.25, 0.3) is 0 Å². The van der Waals surface area contributed by atoms with E-state index >= 15 is 0 Å². The molecule has 0 aliphatic rings. The molecule has 1 aromatic rings. The molecule has 0 aliphatic heterocycles. The minimum Gasteiger partial charge on any atom is -0.330 e. The molecule has 8 heteroatoms. The zero-order valence-corrected chi connectivity index (χ0v) is 15.0. The number of sulfonamides is 1. The van der Waals surface area contributed by atoms with Gasteiger partial charge in [0.1, 0.15) is 5.78 Å². The summed E-state index contributed by atoms with van der Waals surface area (Å²) >= 11 is 5.29. The maximum atomic E-state index is 10.7. The number of benzene rings is 1. The predicted molar refractivity (Wildman–Crippen MR) is 93.0 cm³/mol. The molecular formula is C14H24Cl2N2O3S. The third kappa shape index (κ3) is 11.9. The van der Waals surface area contributed by atoms with Crippen molar-refractivity contribution in [2.45, 2.75) is 37.5 Å². The third-order valence-corrected chi connectivity index (χ3v) is 3.89. The van der Waals surface area contributed by atoms with Crippen LogP contribution < -0.4 is 10.9 Å². The lowest BCUT2D eigenvalue weighted by Crippen LogP contribution is -2.11. The van der Waals surface area contributed by atoms with E-state index in [-0.39, 0.29) is 29.0 Å². The molecule has 0 heterocycles. The molecule has 4 N–H and O–H groups in total. The number of carbonyl (C=O) groups is 1. The number of rotatable bonds is 7. The largest absolute Gasteiger partial charge is 0.330 e. The topological polar surface area (TPSA) is 103 Å². The van der Waals surface area contributed by atoms with Crippen molar-refractivity contribution in [3.8, 4) is 0 Å². The number of hydrogen-bond acceptors (Lipinski definition) is 4. The van der Waals surface area contributed by atoms with Gasteiger partial charge in [-0.1, -0.05) is 24.1 Å². The van der Waals surface area contributed by atoms with Gasteiger partial charge in [-0.15, -0.1) is 24.0 Å². The summed E-state index contributed by atoms with van der Waals surface area (Å²) in [5.41, 5.74) is 6.28. The standard InChI is InChI=1S/C7H14ClNO.C7H9NO2S.ClH/c8-6-7(10)4-2-1-3-5-9;1-6-2-4-7(5-3-6)11(8,9)10;/h1-6,9H2;2-5H,1H3,(H2,8,9,10);1H. The third-order valence-electron chi connectivity index (χ3n) is 2.66. The van der Waals surface area contributed by atoms with Crippen LogP contribution in [0.2, 0.25) is 0 Å². The molecule has 5 nitrogen and oxygen atoms in total. The molecule has 0 fully saturated rings. The summed E-state index contributed by atoms with van der Waals surface area (Å²) < 4.78 is 21.4. The summed E-state index contributed by atoms with van der Waals surface area (Å²) in [7, 11) is -3.52. The first-order chi connectivity index (χ1) is 9.81. The highest BCUT2D eigenvalue weighted by Gasteiger charge is 2.04. The van der Waals surface area contributed by atoms with E-state index in [4.69, 9.17) is 22.5 Å². The SMILES string of the molecule is Cc1ccc(S(N)(=O)=O)cc1.Cl.NCCCCCC(=O)CCl. The Morgan fingerprint density at radius 2 is 1.68 bits per heavy atom. The molecule has 0 bridgehead atoms. The second-order valence-corrected chi connectivity index (χ2v) is 6.46. The summed E-state index contributed by atoms with van der Waals surface area (Å²) in [5.74, 6) is 0.293. The number of alkyl halides is 1. The van der Waals surface area contributed by atoms with Gasteiger partial charge in [0.15, 0.2) is 0 Å². The number of primary sulfonamides is 1. The minimum absolute atomic E-state index is 0. The molecule has 0 saturated heterocycles. The zero-order chi connectivity index (χ0) is 16.3. The highest BCUT2D eigenvalue weighted by molar-refractivity contribution is 7.89. The Hall–Kier alpha value is -0.660. The molecule has 0 spiro atoms. The average molecular weight is 371 g/mol. The fourth-order valence-corrected chi connectivity index (χ4v) is 2.09. The Kier molecular flexibility index (Phi) is 13.8. The number of hydrogen-bond donors (Lipinski definition) is 2. The van der Waals surface area contributed by atoms with Gasteiger partial charge >= 0.3 is 0 Å². The Balaban J connectivity index is 0. The maximum absolute atomic E-state index is 10.7. The van der Waals surface area contributed by atoms with Crippen molar-refractivity contribution in [1.82, 2.24) is 0 Å². The van der Waals surface area contributed by atoms with Crippen LogP contribution in [0.5, 0.6) is 0 Å². The molecule has 0 amide bonds. The normalized spacial score (nSPS) is 10.2. The van der Waals surface area contributed by atoms with Gasteiger partial charge in [-0.2, -0.15) is 0 Å². The van der Waals surface area contributed by atoms with Crippen LogP contribution in [-0.4, -0.2) is 26.6 Å². The van der Waals surface area contributed by atoms with E-state index in [0.717, 1.165) is 31.4 Å². The van der Waals surface area contributed by atoms with Crippen molar-refractivity contribution in [3.05, 3.63) is 29.8 Å². The van der Waals surface area contributed by atoms with Gasteiger partial charge in [-0.05, 0) is 38.4 Å². The molecule has 0 aliphatic carbocycles. The lowest BCUT2D eigenvalue weighted by Gasteiger charge is -1.96. The smallest absolute Gasteiger partial charge is 0.238 e. The fourth-order valence-electron chi connectivity index (χ4n) is 1.44. The van der Waals surface area contributed by atoms with Gasteiger partial charge in [0.25, 0.3) is 0 Å². The zero-order valence-electron chi connectivity index (χ0n) is 12.6. The minimum atomic E-state index is -3.52. The highest BCUT2D eigenvalue weighted by atomic mass is 35.5. The number of carbonyl (C=O) groups excluding carboxylic acids is 1. The van der Waals surface area contributed by atoms with Crippen molar-refractivity contribution < 1.29 is 13.2 Å². The van der Waals surface area contributed by atoms with E-state index in [9.17, 15) is 13.2 Å². The van der Waals surface area contributed by atoms with Gasteiger partial charge in [0, 0.05) is 6.42 Å². The number of halogens is 2. The second-order valence-electron chi connectivity index (χ2n) is 4.63. The summed E-state index contributed by atoms with van der Waals surface area (Å²) in [6.45, 7) is 2.60. The lowest BCUT2D eigenvalue weighted by molar-refractivity contribution is -0.116. The van der Waals surface area contributed by atoms with E-state index in [1.54, 1.807) is 12.1 Å². The van der Waals surface area contributed by atoms with E-state index in [1.165, 1.54) is 12.1 Å². The van der Waals surface area contributed by atoms with Crippen LogP contribution in [0, 0.1) is 6.92 Å². The van der Waals surface area contributed by atoms with Crippen LogP contribution >= 0.6 is 24.0 Å². The second kappa shape index (κ2) is 12.8. The fraction of sp³-hybridized carbons (Fsp3) is 0.500. The van der Waals surface area contributed by atoms with Crippen molar-refractivity contribution in [3.63, 3.8) is 0 Å². The Bertz CT molecular complexity index is 519.